The van der Waals surface area contributed by atoms with Crippen molar-refractivity contribution >= 4 is 35.5 Å². The first kappa shape index (κ1) is 63.6. The molecule has 17 nitrogen and oxygen atoms in total. The van der Waals surface area contributed by atoms with Crippen LogP contribution in [-0.2, 0) is 25.5 Å². The Kier molecular flexibility index (Phi) is 27.2. The molecule has 0 saturated carbocycles. The zero-order valence-electron chi connectivity index (χ0n) is 47.8. The topological polar surface area (TPSA) is 191 Å². The number of esters is 4. The SMILES string of the molecule is CCCCCCCCCCCCCCOc1ccc(C(=O)Oc2ccc(C(=O)Oc3ccc(-c4cn(Cc5ccc(OC(=O)c6ccc(OC(=O)c7ccc(OCCOCCOCCOCCOC)c(Cl)c7)cc6)cc5)nn4)cc3)cc2)cc1. The van der Waals surface area contributed by atoms with Crippen LogP contribution < -0.4 is 28.4 Å². The molecule has 0 unspecified atom stereocenters. The number of aromatic nitrogens is 3. The fraction of sp³-hybridized carbons (Fsp3) is 0.364. The van der Waals surface area contributed by atoms with Gasteiger partial charge in [0.2, 0.25) is 0 Å². The van der Waals surface area contributed by atoms with Crippen LogP contribution in [0.4, 0.5) is 0 Å². The van der Waals surface area contributed by atoms with Crippen LogP contribution in [0.25, 0.3) is 11.3 Å². The van der Waals surface area contributed by atoms with Crippen molar-refractivity contribution in [2.45, 2.75) is 90.5 Å². The van der Waals surface area contributed by atoms with Crippen LogP contribution in [-0.4, -0.2) is 105 Å². The first-order valence-electron chi connectivity index (χ1n) is 28.7. The number of hydrogen-bond donors (Lipinski definition) is 0. The number of rotatable bonds is 38. The van der Waals surface area contributed by atoms with Gasteiger partial charge in [0.25, 0.3) is 0 Å². The molecule has 84 heavy (non-hydrogen) atoms. The second-order valence-electron chi connectivity index (χ2n) is 19.7. The monoisotopic (exact) mass is 1170 g/mol. The Bertz CT molecular complexity index is 3080. The van der Waals surface area contributed by atoms with Gasteiger partial charge < -0.3 is 47.4 Å². The molecule has 18 heteroatoms. The summed E-state index contributed by atoms with van der Waals surface area (Å²) in [5, 5.41) is 8.82. The fourth-order valence-corrected chi connectivity index (χ4v) is 8.73. The fourth-order valence-electron chi connectivity index (χ4n) is 8.49. The second kappa shape index (κ2) is 35.9. The number of nitrogens with zero attached hydrogens (tertiary/aromatic N) is 3. The van der Waals surface area contributed by atoms with E-state index in [2.05, 4.69) is 17.2 Å². The summed E-state index contributed by atoms with van der Waals surface area (Å²) in [5.74, 6) is -0.0689. The summed E-state index contributed by atoms with van der Waals surface area (Å²) in [6.45, 7) is 6.69. The number of methoxy groups -OCH3 is 1. The molecule has 1 aromatic heterocycles. The third kappa shape index (κ3) is 22.3. The highest BCUT2D eigenvalue weighted by atomic mass is 35.5. The van der Waals surface area contributed by atoms with Gasteiger partial charge in [0.05, 0.1) is 92.9 Å². The lowest BCUT2D eigenvalue weighted by Crippen LogP contribution is -2.13. The van der Waals surface area contributed by atoms with E-state index in [1.165, 1.54) is 107 Å². The highest BCUT2D eigenvalue weighted by molar-refractivity contribution is 6.32. The highest BCUT2D eigenvalue weighted by Crippen LogP contribution is 2.28. The lowest BCUT2D eigenvalue weighted by atomic mass is 10.1. The number of hydrogen-bond acceptors (Lipinski definition) is 16. The number of ether oxygens (including phenoxy) is 10. The smallest absolute Gasteiger partial charge is 0.343 e. The van der Waals surface area contributed by atoms with E-state index < -0.39 is 23.9 Å². The van der Waals surface area contributed by atoms with E-state index in [9.17, 15) is 19.2 Å². The maximum absolute atomic E-state index is 13.0. The van der Waals surface area contributed by atoms with Crippen LogP contribution in [0.3, 0.4) is 0 Å². The molecule has 444 valence electrons. The van der Waals surface area contributed by atoms with E-state index >= 15 is 0 Å². The van der Waals surface area contributed by atoms with Crippen LogP contribution in [0, 0.1) is 0 Å². The molecule has 7 aromatic rings. The van der Waals surface area contributed by atoms with Crippen molar-refractivity contribution in [1.82, 2.24) is 15.0 Å². The molecule has 0 aliphatic carbocycles. The molecule has 0 fully saturated rings. The number of unbranched alkanes of at least 4 members (excludes halogenated alkanes) is 11. The first-order chi connectivity index (χ1) is 41.1. The summed E-state index contributed by atoms with van der Waals surface area (Å²) in [6.07, 6.45) is 17.2. The van der Waals surface area contributed by atoms with Crippen LogP contribution in [0.2, 0.25) is 5.02 Å². The number of carbonyl (C=O) groups excluding carboxylic acids is 4. The molecule has 0 bridgehead atoms. The molecular formula is C66H74ClN3O14. The Morgan fingerprint density at radius 3 is 1.31 bits per heavy atom. The normalized spacial score (nSPS) is 11.0. The number of benzene rings is 6. The summed E-state index contributed by atoms with van der Waals surface area (Å²) >= 11 is 6.39. The molecule has 0 atom stereocenters. The Balaban J connectivity index is 0.761. The van der Waals surface area contributed by atoms with Crippen LogP contribution >= 0.6 is 11.6 Å². The predicted octanol–water partition coefficient (Wildman–Crippen LogP) is 13.7. The minimum Gasteiger partial charge on any atom is -0.494 e. The lowest BCUT2D eigenvalue weighted by Gasteiger charge is -2.11. The van der Waals surface area contributed by atoms with E-state index in [0.717, 1.165) is 24.0 Å². The Labute approximate surface area is 496 Å². The predicted molar refractivity (Wildman–Crippen MR) is 318 cm³/mol. The molecule has 0 amide bonds. The van der Waals surface area contributed by atoms with Gasteiger partial charge in [0.15, 0.2) is 0 Å². The molecule has 1 heterocycles. The molecule has 0 saturated heterocycles. The number of carbonyl (C=O) groups is 4. The average molecular weight is 1170 g/mol. The molecule has 0 spiro atoms. The minimum atomic E-state index is -0.644. The third-order valence-corrected chi connectivity index (χ3v) is 13.5. The molecular weight excluding hydrogens is 1090 g/mol. The maximum Gasteiger partial charge on any atom is 0.343 e. The summed E-state index contributed by atoms with van der Waals surface area (Å²) in [6, 6.07) is 37.5. The summed E-state index contributed by atoms with van der Waals surface area (Å²) in [7, 11) is 1.62. The van der Waals surface area contributed by atoms with E-state index in [1.807, 2.05) is 12.1 Å². The van der Waals surface area contributed by atoms with Crippen molar-refractivity contribution in [3.05, 3.63) is 179 Å². The van der Waals surface area contributed by atoms with Gasteiger partial charge in [0.1, 0.15) is 46.8 Å². The number of halogens is 1. The third-order valence-electron chi connectivity index (χ3n) is 13.2. The van der Waals surface area contributed by atoms with Crippen molar-refractivity contribution in [3.8, 4) is 45.8 Å². The van der Waals surface area contributed by atoms with E-state index in [-0.39, 0.29) is 39.8 Å². The highest BCUT2D eigenvalue weighted by Gasteiger charge is 2.16. The van der Waals surface area contributed by atoms with Crippen LogP contribution in [0.15, 0.2) is 146 Å². The van der Waals surface area contributed by atoms with Crippen LogP contribution in [0.1, 0.15) is 131 Å². The van der Waals surface area contributed by atoms with Gasteiger partial charge in [-0.15, -0.1) is 5.10 Å². The van der Waals surface area contributed by atoms with Crippen molar-refractivity contribution in [2.75, 3.05) is 66.6 Å². The van der Waals surface area contributed by atoms with Gasteiger partial charge in [-0.2, -0.15) is 0 Å². The minimum absolute atomic E-state index is 0.211. The zero-order chi connectivity index (χ0) is 59.0. The molecule has 0 aliphatic rings. The summed E-state index contributed by atoms with van der Waals surface area (Å²) in [4.78, 5) is 51.8. The molecule has 6 aromatic carbocycles. The van der Waals surface area contributed by atoms with Gasteiger partial charge in [-0.25, -0.2) is 23.9 Å². The summed E-state index contributed by atoms with van der Waals surface area (Å²) < 4.78 is 56.8. The lowest BCUT2D eigenvalue weighted by molar-refractivity contribution is 0.000167. The van der Waals surface area contributed by atoms with Gasteiger partial charge in [-0.05, 0) is 139 Å². The Morgan fingerprint density at radius 1 is 0.429 bits per heavy atom. The quantitative estimate of drug-likeness (QED) is 0.0201. The summed E-state index contributed by atoms with van der Waals surface area (Å²) in [5.41, 5.74) is 3.37. The van der Waals surface area contributed by atoms with Gasteiger partial charge in [-0.3, -0.25) is 0 Å². The van der Waals surface area contributed by atoms with Gasteiger partial charge in [0, 0.05) is 12.7 Å². The van der Waals surface area contributed by atoms with Crippen molar-refractivity contribution in [1.29, 1.82) is 0 Å². The molecule has 0 N–H and O–H groups in total. The molecule has 0 radical (unpaired) electrons. The van der Waals surface area contributed by atoms with E-state index in [0.29, 0.717) is 93.7 Å². The standard InChI is InChI=1S/C66H74ClN3O14/c1-3-4-5-6-7-8-9-10-11-12-13-14-37-79-55-28-19-51(20-29-55)63(71)83-58-32-21-53(22-33-58)65(73)82-57-30-17-50(18-31-57)61-48-70(69-68-61)47-49-15-26-56(27-16-49)81-64(72)52-23-34-59(35-24-52)84-66(74)54-25-36-62(60(67)46-54)80-45-44-78-43-42-77-41-40-76-39-38-75-2/h15-36,46,48H,3-14,37-45,47H2,1-2H3. The Morgan fingerprint density at radius 2 is 0.833 bits per heavy atom. The first-order valence-corrected chi connectivity index (χ1v) is 29.1. The Hall–Kier alpha value is -7.93. The zero-order valence-corrected chi connectivity index (χ0v) is 48.6. The largest absolute Gasteiger partial charge is 0.494 e. The van der Waals surface area contributed by atoms with Gasteiger partial charge in [-0.1, -0.05) is 106 Å². The molecule has 7 rings (SSSR count). The molecule has 0 aliphatic heterocycles. The van der Waals surface area contributed by atoms with E-state index in [4.69, 9.17) is 59.0 Å². The van der Waals surface area contributed by atoms with Gasteiger partial charge >= 0.3 is 23.9 Å². The van der Waals surface area contributed by atoms with E-state index in [1.54, 1.807) is 103 Å². The van der Waals surface area contributed by atoms with Crippen molar-refractivity contribution in [2.24, 2.45) is 0 Å². The average Bonchev–Trinajstić information content (AvgIpc) is 4.13. The maximum atomic E-state index is 13.0. The van der Waals surface area contributed by atoms with Crippen molar-refractivity contribution < 1.29 is 66.5 Å². The van der Waals surface area contributed by atoms with Crippen LogP contribution in [0.5, 0.6) is 34.5 Å². The second-order valence-corrected chi connectivity index (χ2v) is 20.1. The van der Waals surface area contributed by atoms with Crippen molar-refractivity contribution in [3.63, 3.8) is 0 Å².